The molecule has 0 unspecified atom stereocenters. The average Bonchev–Trinajstić information content (AvgIpc) is 3.28. The molecule has 0 fully saturated rings. The smallest absolute Gasteiger partial charge is 0.219 e. The summed E-state index contributed by atoms with van der Waals surface area (Å²) in [4.78, 5) is 0. The molecule has 0 saturated heterocycles. The van der Waals surface area contributed by atoms with E-state index in [1.54, 1.807) is 0 Å². The molecule has 7 rings (SSSR count). The first-order valence-corrected chi connectivity index (χ1v) is 13.9. The summed E-state index contributed by atoms with van der Waals surface area (Å²) in [6, 6.07) is 48.4. The van der Waals surface area contributed by atoms with Crippen LogP contribution in [0.15, 0.2) is 133 Å². The molecule has 0 aliphatic rings. The van der Waals surface area contributed by atoms with Crippen LogP contribution >= 0.6 is 0 Å². The first-order chi connectivity index (χ1) is 19.7. The predicted molar refractivity (Wildman–Crippen MR) is 168 cm³/mol. The van der Waals surface area contributed by atoms with E-state index >= 15 is 0 Å². The number of rotatable bonds is 6. The summed E-state index contributed by atoms with van der Waals surface area (Å²) in [5, 5.41) is 5.10. The Kier molecular flexibility index (Phi) is 6.22. The molecule has 0 saturated carbocycles. The van der Waals surface area contributed by atoms with Gasteiger partial charge in [-0.1, -0.05) is 115 Å². The number of benzene rings is 6. The Morgan fingerprint density at radius 1 is 0.575 bits per heavy atom. The Hall–Kier alpha value is -4.95. The molecule has 2 nitrogen and oxygen atoms in total. The van der Waals surface area contributed by atoms with Crippen LogP contribution < -0.4 is 4.57 Å². The molecule has 40 heavy (non-hydrogen) atoms. The fraction of sp³-hybridized carbons (Fsp3) is 0.0789. The molecule has 0 amide bonds. The zero-order chi connectivity index (χ0) is 26.9. The Morgan fingerprint density at radius 3 is 1.90 bits per heavy atom. The second-order valence-corrected chi connectivity index (χ2v) is 10.6. The predicted octanol–water partition coefficient (Wildman–Crippen LogP) is 8.81. The quantitative estimate of drug-likeness (QED) is 0.196. The largest absolute Gasteiger partial charge is 0.283 e. The molecule has 0 aliphatic carbocycles. The van der Waals surface area contributed by atoms with Gasteiger partial charge in [-0.25, -0.2) is 9.13 Å². The van der Waals surface area contributed by atoms with Crippen molar-refractivity contribution >= 4 is 44.7 Å². The Morgan fingerprint density at radius 2 is 1.18 bits per heavy atom. The fourth-order valence-corrected chi connectivity index (χ4v) is 5.71. The Labute approximate surface area is 235 Å². The number of aryl methyl sites for hydroxylation is 1. The summed E-state index contributed by atoms with van der Waals surface area (Å²) in [7, 11) is 0. The van der Waals surface area contributed by atoms with Crippen LogP contribution in [0.1, 0.15) is 28.1 Å². The molecule has 0 spiro atoms. The molecule has 192 valence electrons. The molecule has 2 heteroatoms. The molecule has 0 aliphatic heterocycles. The van der Waals surface area contributed by atoms with E-state index in [1.807, 2.05) is 0 Å². The zero-order valence-electron chi connectivity index (χ0n) is 22.7. The van der Waals surface area contributed by atoms with E-state index in [1.165, 1.54) is 60.7 Å². The van der Waals surface area contributed by atoms with E-state index < -0.39 is 0 Å². The summed E-state index contributed by atoms with van der Waals surface area (Å²) in [5.74, 6) is 1.18. The lowest BCUT2D eigenvalue weighted by Crippen LogP contribution is -2.37. The van der Waals surface area contributed by atoms with E-state index in [2.05, 4.69) is 162 Å². The van der Waals surface area contributed by atoms with Crippen LogP contribution in [-0.2, 0) is 13.1 Å². The van der Waals surface area contributed by atoms with Gasteiger partial charge < -0.3 is 0 Å². The lowest BCUT2D eigenvalue weighted by atomic mass is 10.1. The molecule has 0 N–H and O–H groups in total. The average molecular weight is 516 g/mol. The van der Waals surface area contributed by atoms with Crippen LogP contribution in [-0.4, -0.2) is 4.57 Å². The SMILES string of the molecule is Cc1ccc(/C=C/c2n(Cc3ccc4ccccc4c3)c3ccccc3[n+]2Cc2ccc3ccccc3c2)cc1. The van der Waals surface area contributed by atoms with Crippen molar-refractivity contribution < 1.29 is 4.57 Å². The van der Waals surface area contributed by atoms with Gasteiger partial charge in [0.15, 0.2) is 11.0 Å². The maximum Gasteiger partial charge on any atom is 0.283 e. The normalized spacial score (nSPS) is 11.7. The second-order valence-electron chi connectivity index (χ2n) is 10.6. The van der Waals surface area contributed by atoms with Crippen LogP contribution in [0.4, 0.5) is 0 Å². The van der Waals surface area contributed by atoms with Gasteiger partial charge in [-0.2, -0.15) is 0 Å². The molecule has 6 aromatic carbocycles. The van der Waals surface area contributed by atoms with Crippen molar-refractivity contribution in [3.63, 3.8) is 0 Å². The first-order valence-electron chi connectivity index (χ1n) is 13.9. The van der Waals surface area contributed by atoms with Crippen molar-refractivity contribution in [2.75, 3.05) is 0 Å². The van der Waals surface area contributed by atoms with Crippen molar-refractivity contribution in [1.29, 1.82) is 0 Å². The Balaban J connectivity index is 1.38. The Bertz CT molecular complexity index is 1890. The number of imidazole rings is 1. The lowest BCUT2D eigenvalue weighted by Gasteiger charge is -2.06. The third-order valence-electron chi connectivity index (χ3n) is 7.83. The molecule has 7 aromatic rings. The van der Waals surface area contributed by atoms with Crippen LogP contribution in [0.5, 0.6) is 0 Å². The highest BCUT2D eigenvalue weighted by molar-refractivity contribution is 5.84. The highest BCUT2D eigenvalue weighted by atomic mass is 15.2. The summed E-state index contributed by atoms with van der Waals surface area (Å²) < 4.78 is 4.93. The minimum absolute atomic E-state index is 0.795. The van der Waals surface area contributed by atoms with E-state index in [4.69, 9.17) is 0 Å². The molecule has 1 aromatic heterocycles. The highest BCUT2D eigenvalue weighted by Crippen LogP contribution is 2.23. The molecular formula is C38H31N2+. The van der Waals surface area contributed by atoms with Crippen molar-refractivity contribution in [3.8, 4) is 0 Å². The van der Waals surface area contributed by atoms with Gasteiger partial charge in [0.2, 0.25) is 0 Å². The van der Waals surface area contributed by atoms with E-state index in [0.717, 1.165) is 13.1 Å². The van der Waals surface area contributed by atoms with Gasteiger partial charge >= 0.3 is 0 Å². The van der Waals surface area contributed by atoms with E-state index in [-0.39, 0.29) is 0 Å². The molecule has 0 atom stereocenters. The zero-order valence-corrected chi connectivity index (χ0v) is 22.7. The van der Waals surface area contributed by atoms with E-state index in [9.17, 15) is 0 Å². The van der Waals surface area contributed by atoms with Gasteiger partial charge in [0.05, 0.1) is 0 Å². The number of fused-ring (bicyclic) bond motifs is 3. The third kappa shape index (κ3) is 4.69. The van der Waals surface area contributed by atoms with Crippen LogP contribution in [0, 0.1) is 6.92 Å². The van der Waals surface area contributed by atoms with Crippen LogP contribution in [0.25, 0.3) is 44.7 Å². The van der Waals surface area contributed by atoms with Gasteiger partial charge in [-0.15, -0.1) is 0 Å². The standard InChI is InChI=1S/C38H31N2/c1-28-14-16-29(17-15-28)20-23-38-39(26-30-18-21-32-8-2-4-10-34(32)24-30)36-12-6-7-13-37(36)40(38)27-31-19-22-33-9-3-5-11-35(33)25-31/h2-25H,26-27H2,1H3/q+1/b23-20+. The minimum Gasteiger partial charge on any atom is -0.219 e. The highest BCUT2D eigenvalue weighted by Gasteiger charge is 2.23. The van der Waals surface area contributed by atoms with Gasteiger partial charge in [0.25, 0.3) is 5.82 Å². The monoisotopic (exact) mass is 515 g/mol. The molecule has 0 radical (unpaired) electrons. The maximum atomic E-state index is 2.46. The summed E-state index contributed by atoms with van der Waals surface area (Å²) in [6.07, 6.45) is 4.52. The number of hydrogen-bond donors (Lipinski definition) is 0. The molecule has 1 heterocycles. The number of para-hydroxylation sites is 2. The van der Waals surface area contributed by atoms with Crippen LogP contribution in [0.2, 0.25) is 0 Å². The molecular weight excluding hydrogens is 484 g/mol. The molecule has 0 bridgehead atoms. The topological polar surface area (TPSA) is 8.81 Å². The number of aromatic nitrogens is 2. The van der Waals surface area contributed by atoms with Crippen molar-refractivity contribution in [1.82, 2.24) is 4.57 Å². The van der Waals surface area contributed by atoms with Gasteiger partial charge in [-0.3, -0.25) is 0 Å². The van der Waals surface area contributed by atoms with E-state index in [0.29, 0.717) is 0 Å². The number of nitrogens with zero attached hydrogens (tertiary/aromatic N) is 2. The fourth-order valence-electron chi connectivity index (χ4n) is 5.71. The summed E-state index contributed by atoms with van der Waals surface area (Å²) in [5.41, 5.74) is 7.53. The second kappa shape index (κ2) is 10.3. The first kappa shape index (κ1) is 24.1. The van der Waals surface area contributed by atoms with Crippen molar-refractivity contribution in [2.24, 2.45) is 0 Å². The van der Waals surface area contributed by atoms with Crippen molar-refractivity contribution in [2.45, 2.75) is 20.0 Å². The van der Waals surface area contributed by atoms with Crippen molar-refractivity contribution in [3.05, 3.63) is 162 Å². The van der Waals surface area contributed by atoms with Gasteiger partial charge in [0.1, 0.15) is 13.1 Å². The summed E-state index contributed by atoms with van der Waals surface area (Å²) >= 11 is 0. The number of hydrogen-bond acceptors (Lipinski definition) is 0. The summed E-state index contributed by atoms with van der Waals surface area (Å²) in [6.45, 7) is 3.72. The van der Waals surface area contributed by atoms with Crippen LogP contribution in [0.3, 0.4) is 0 Å². The van der Waals surface area contributed by atoms with Gasteiger partial charge in [0, 0.05) is 6.08 Å². The third-order valence-corrected chi connectivity index (χ3v) is 7.83. The lowest BCUT2D eigenvalue weighted by molar-refractivity contribution is -0.665. The maximum absolute atomic E-state index is 2.46. The van der Waals surface area contributed by atoms with Gasteiger partial charge in [-0.05, 0) is 75.5 Å². The minimum atomic E-state index is 0.795.